The van der Waals surface area contributed by atoms with Crippen LogP contribution in [0.15, 0.2) is 29.4 Å². The summed E-state index contributed by atoms with van der Waals surface area (Å²) in [4.78, 5) is 3.96. The van der Waals surface area contributed by atoms with Gasteiger partial charge in [-0.1, -0.05) is 13.8 Å². The predicted octanol–water partition coefficient (Wildman–Crippen LogP) is 0.664. The van der Waals surface area contributed by atoms with Crippen LogP contribution in [0.2, 0.25) is 0 Å². The van der Waals surface area contributed by atoms with Crippen molar-refractivity contribution >= 4 is 15.9 Å². The number of pyridine rings is 1. The van der Waals surface area contributed by atoms with Gasteiger partial charge in [0, 0.05) is 31.4 Å². The van der Waals surface area contributed by atoms with Gasteiger partial charge in [0.2, 0.25) is 10.0 Å². The molecule has 0 saturated heterocycles. The average molecular weight is 270 g/mol. The molecular formula is C11H18N4O2S. The van der Waals surface area contributed by atoms with Crippen molar-refractivity contribution < 1.29 is 8.42 Å². The van der Waals surface area contributed by atoms with Crippen LogP contribution in [0.1, 0.15) is 13.8 Å². The highest BCUT2D eigenvalue weighted by Gasteiger charge is 2.25. The summed E-state index contributed by atoms with van der Waals surface area (Å²) in [5, 5.41) is 7.32. The van der Waals surface area contributed by atoms with Gasteiger partial charge in [0.05, 0.1) is 5.84 Å². The summed E-state index contributed by atoms with van der Waals surface area (Å²) in [6.07, 6.45) is 2.84. The van der Waals surface area contributed by atoms with Crippen molar-refractivity contribution in [3.63, 3.8) is 0 Å². The number of hydrogen-bond donors (Lipinski definition) is 2. The van der Waals surface area contributed by atoms with E-state index in [-0.39, 0.29) is 23.2 Å². The van der Waals surface area contributed by atoms with Gasteiger partial charge in [-0.05, 0) is 12.1 Å². The van der Waals surface area contributed by atoms with Crippen molar-refractivity contribution in [1.82, 2.24) is 9.29 Å². The van der Waals surface area contributed by atoms with Crippen LogP contribution < -0.4 is 5.73 Å². The first-order valence-corrected chi connectivity index (χ1v) is 7.07. The number of amidine groups is 1. The molecule has 0 fully saturated rings. The molecule has 0 aliphatic heterocycles. The third-order valence-corrected chi connectivity index (χ3v) is 4.56. The van der Waals surface area contributed by atoms with Crippen LogP contribution in [0.5, 0.6) is 0 Å². The summed E-state index contributed by atoms with van der Waals surface area (Å²) in [5.41, 5.74) is 5.37. The minimum Gasteiger partial charge on any atom is -0.387 e. The summed E-state index contributed by atoms with van der Waals surface area (Å²) in [6.45, 7) is 4.00. The van der Waals surface area contributed by atoms with Crippen LogP contribution in [-0.2, 0) is 10.0 Å². The lowest BCUT2D eigenvalue weighted by Gasteiger charge is -2.23. The first-order chi connectivity index (χ1) is 8.39. The largest absolute Gasteiger partial charge is 0.387 e. The molecule has 1 rings (SSSR count). The Hall–Kier alpha value is -1.47. The van der Waals surface area contributed by atoms with Crippen LogP contribution in [-0.4, -0.2) is 36.6 Å². The molecule has 7 heteroatoms. The van der Waals surface area contributed by atoms with E-state index in [1.807, 2.05) is 0 Å². The molecule has 6 nitrogen and oxygen atoms in total. The highest BCUT2D eigenvalue weighted by atomic mass is 32.2. The van der Waals surface area contributed by atoms with E-state index in [2.05, 4.69) is 4.98 Å². The molecule has 0 aromatic carbocycles. The maximum Gasteiger partial charge on any atom is 0.244 e. The maximum atomic E-state index is 12.3. The summed E-state index contributed by atoms with van der Waals surface area (Å²) in [5.74, 6) is -0.328. The van der Waals surface area contributed by atoms with Crippen molar-refractivity contribution in [1.29, 1.82) is 5.41 Å². The SMILES string of the molecule is CCN(CC(C)C(=N)N)S(=O)(=O)c1cccnc1. The van der Waals surface area contributed by atoms with Crippen LogP contribution >= 0.6 is 0 Å². The number of rotatable bonds is 6. The number of hydrogen-bond acceptors (Lipinski definition) is 4. The van der Waals surface area contributed by atoms with E-state index < -0.39 is 10.0 Å². The van der Waals surface area contributed by atoms with E-state index in [0.29, 0.717) is 6.54 Å². The normalized spacial score (nSPS) is 13.5. The number of aromatic nitrogens is 1. The topological polar surface area (TPSA) is 100 Å². The Morgan fingerprint density at radius 3 is 2.72 bits per heavy atom. The molecule has 3 N–H and O–H groups in total. The molecular weight excluding hydrogens is 252 g/mol. The van der Waals surface area contributed by atoms with Crippen molar-refractivity contribution in [3.05, 3.63) is 24.5 Å². The second-order valence-corrected chi connectivity index (χ2v) is 5.94. The fraction of sp³-hybridized carbons (Fsp3) is 0.455. The zero-order valence-electron chi connectivity index (χ0n) is 10.5. The predicted molar refractivity (Wildman–Crippen MR) is 69.7 cm³/mol. The molecule has 0 saturated carbocycles. The molecule has 0 bridgehead atoms. The highest BCUT2D eigenvalue weighted by Crippen LogP contribution is 2.15. The molecule has 1 unspecified atom stereocenters. The molecule has 0 amide bonds. The van der Waals surface area contributed by atoms with Crippen LogP contribution in [0.4, 0.5) is 0 Å². The number of sulfonamides is 1. The minimum absolute atomic E-state index is 0.0187. The fourth-order valence-electron chi connectivity index (χ4n) is 1.45. The Balaban J connectivity index is 2.98. The van der Waals surface area contributed by atoms with Crippen LogP contribution in [0, 0.1) is 11.3 Å². The molecule has 0 spiro atoms. The lowest BCUT2D eigenvalue weighted by Crippen LogP contribution is -2.38. The van der Waals surface area contributed by atoms with Crippen LogP contribution in [0.25, 0.3) is 0 Å². The third-order valence-electron chi connectivity index (χ3n) is 2.63. The standard InChI is InChI=1S/C11H18N4O2S/c1-3-15(8-9(2)11(12)13)18(16,17)10-5-4-6-14-7-10/h4-7,9H,3,8H2,1-2H3,(H3,12,13). The second-order valence-electron chi connectivity index (χ2n) is 4.00. The van der Waals surface area contributed by atoms with Crippen LogP contribution in [0.3, 0.4) is 0 Å². The van der Waals surface area contributed by atoms with Crippen molar-refractivity contribution in [2.24, 2.45) is 11.7 Å². The molecule has 1 atom stereocenters. The highest BCUT2D eigenvalue weighted by molar-refractivity contribution is 7.89. The first-order valence-electron chi connectivity index (χ1n) is 5.63. The lowest BCUT2D eigenvalue weighted by atomic mass is 10.1. The number of nitrogens with two attached hydrogens (primary N) is 1. The monoisotopic (exact) mass is 270 g/mol. The summed E-state index contributed by atoms with van der Waals surface area (Å²) in [6, 6.07) is 3.08. The Bertz CT molecular complexity index is 501. The fourth-order valence-corrected chi connectivity index (χ4v) is 2.95. The second kappa shape index (κ2) is 5.92. The van der Waals surface area contributed by atoms with E-state index >= 15 is 0 Å². The summed E-state index contributed by atoms with van der Waals surface area (Å²) >= 11 is 0. The number of nitrogens with one attached hydrogen (secondary N) is 1. The first kappa shape index (κ1) is 14.6. The molecule has 0 aliphatic rings. The minimum atomic E-state index is -3.56. The van der Waals surface area contributed by atoms with Gasteiger partial charge in [0.15, 0.2) is 0 Å². The smallest absolute Gasteiger partial charge is 0.244 e. The van der Waals surface area contributed by atoms with E-state index in [1.54, 1.807) is 19.9 Å². The van der Waals surface area contributed by atoms with Crippen molar-refractivity contribution in [2.75, 3.05) is 13.1 Å². The van der Waals surface area contributed by atoms with E-state index in [0.717, 1.165) is 0 Å². The Morgan fingerprint density at radius 2 is 2.28 bits per heavy atom. The summed E-state index contributed by atoms with van der Waals surface area (Å²) in [7, 11) is -3.56. The zero-order valence-corrected chi connectivity index (χ0v) is 11.3. The van der Waals surface area contributed by atoms with E-state index in [1.165, 1.54) is 22.8 Å². The van der Waals surface area contributed by atoms with Gasteiger partial charge in [-0.15, -0.1) is 0 Å². The molecule has 0 radical (unpaired) electrons. The molecule has 100 valence electrons. The average Bonchev–Trinajstić information content (AvgIpc) is 2.36. The summed E-state index contributed by atoms with van der Waals surface area (Å²) < 4.78 is 25.9. The van der Waals surface area contributed by atoms with Gasteiger partial charge in [-0.2, -0.15) is 4.31 Å². The van der Waals surface area contributed by atoms with Gasteiger partial charge in [0.1, 0.15) is 4.90 Å². The molecule has 1 heterocycles. The van der Waals surface area contributed by atoms with Gasteiger partial charge in [-0.3, -0.25) is 10.4 Å². The Labute approximate surface area is 107 Å². The zero-order chi connectivity index (χ0) is 13.8. The molecule has 18 heavy (non-hydrogen) atoms. The molecule has 1 aromatic heterocycles. The quantitative estimate of drug-likeness (QED) is 0.586. The molecule has 1 aromatic rings. The Morgan fingerprint density at radius 1 is 1.61 bits per heavy atom. The van der Waals surface area contributed by atoms with Gasteiger partial charge >= 0.3 is 0 Å². The lowest BCUT2D eigenvalue weighted by molar-refractivity contribution is 0.403. The van der Waals surface area contributed by atoms with Crippen molar-refractivity contribution in [2.45, 2.75) is 18.7 Å². The Kier molecular flexibility index (Phi) is 4.80. The van der Waals surface area contributed by atoms with Gasteiger partial charge < -0.3 is 5.73 Å². The number of nitrogens with zero attached hydrogens (tertiary/aromatic N) is 2. The van der Waals surface area contributed by atoms with Gasteiger partial charge in [0.25, 0.3) is 0 Å². The van der Waals surface area contributed by atoms with E-state index in [9.17, 15) is 8.42 Å². The third kappa shape index (κ3) is 3.27. The maximum absolute atomic E-state index is 12.3. The van der Waals surface area contributed by atoms with E-state index in [4.69, 9.17) is 11.1 Å². The van der Waals surface area contributed by atoms with Crippen molar-refractivity contribution in [3.8, 4) is 0 Å². The van der Waals surface area contributed by atoms with Gasteiger partial charge in [-0.25, -0.2) is 8.42 Å². The molecule has 0 aliphatic carbocycles.